The van der Waals surface area contributed by atoms with Gasteiger partial charge in [-0.3, -0.25) is 5.73 Å². The Kier molecular flexibility index (Phi) is 1.90. The highest BCUT2D eigenvalue weighted by molar-refractivity contribution is 4.82. The van der Waals surface area contributed by atoms with Crippen molar-refractivity contribution in [3.8, 4) is 0 Å². The predicted octanol–water partition coefficient (Wildman–Crippen LogP) is 1.85. The van der Waals surface area contributed by atoms with Crippen LogP contribution in [0.3, 0.4) is 0 Å². The molecule has 0 aromatic heterocycles. The Balaban J connectivity index is 2.03. The van der Waals surface area contributed by atoms with Gasteiger partial charge in [-0.15, -0.1) is 0 Å². The summed E-state index contributed by atoms with van der Waals surface area (Å²) in [5, 5.41) is 0. The van der Waals surface area contributed by atoms with Crippen LogP contribution in [0.5, 0.6) is 0 Å². The number of rotatable bonds is 3. The Morgan fingerprint density at radius 3 is 2.62 bits per heavy atom. The fourth-order valence-corrected chi connectivity index (χ4v) is 1.05. The highest BCUT2D eigenvalue weighted by atomic mass is 14.7. The molecule has 0 amide bonds. The second-order valence-corrected chi connectivity index (χ2v) is 2.73. The highest BCUT2D eigenvalue weighted by Crippen LogP contribution is 2.33. The molecule has 1 fully saturated rings. The standard InChI is InChI=1S/C7H14N/c1-2-3-7(8)6-4-5-6/h6-8H,2-5H2,1H3. The minimum Gasteiger partial charge on any atom is -0.254 e. The maximum atomic E-state index is 7.49. The summed E-state index contributed by atoms with van der Waals surface area (Å²) >= 11 is 0. The topological polar surface area (TPSA) is 23.8 Å². The van der Waals surface area contributed by atoms with Crippen LogP contribution in [0.4, 0.5) is 0 Å². The van der Waals surface area contributed by atoms with E-state index in [0.717, 1.165) is 12.3 Å². The van der Waals surface area contributed by atoms with Crippen LogP contribution in [-0.4, -0.2) is 6.04 Å². The molecule has 1 atom stereocenters. The van der Waals surface area contributed by atoms with Crippen LogP contribution in [-0.2, 0) is 0 Å². The van der Waals surface area contributed by atoms with E-state index in [9.17, 15) is 0 Å². The largest absolute Gasteiger partial charge is 0.254 e. The molecule has 1 unspecified atom stereocenters. The zero-order chi connectivity index (χ0) is 5.98. The number of nitrogens with one attached hydrogen (secondary N) is 1. The SMILES string of the molecule is CCCC([NH])C1CC1. The van der Waals surface area contributed by atoms with Crippen molar-refractivity contribution in [2.45, 2.75) is 38.6 Å². The minimum atomic E-state index is 0.278. The molecular weight excluding hydrogens is 98.1 g/mol. The number of hydrogen-bond donors (Lipinski definition) is 0. The van der Waals surface area contributed by atoms with E-state index in [0.29, 0.717) is 0 Å². The molecule has 1 N–H and O–H groups in total. The second kappa shape index (κ2) is 2.49. The molecule has 1 heteroatoms. The van der Waals surface area contributed by atoms with Gasteiger partial charge < -0.3 is 0 Å². The molecule has 1 nitrogen and oxygen atoms in total. The van der Waals surface area contributed by atoms with Gasteiger partial charge in [0.1, 0.15) is 0 Å². The molecule has 0 heterocycles. The van der Waals surface area contributed by atoms with Gasteiger partial charge in [-0.1, -0.05) is 13.3 Å². The van der Waals surface area contributed by atoms with Crippen LogP contribution in [0.2, 0.25) is 0 Å². The first-order chi connectivity index (χ1) is 3.84. The first-order valence-corrected chi connectivity index (χ1v) is 3.55. The van der Waals surface area contributed by atoms with Crippen LogP contribution in [0.15, 0.2) is 0 Å². The average Bonchev–Trinajstić information content (AvgIpc) is 2.45. The quantitative estimate of drug-likeness (QED) is 0.532. The normalized spacial score (nSPS) is 23.2. The van der Waals surface area contributed by atoms with Crippen molar-refractivity contribution in [2.24, 2.45) is 5.92 Å². The smallest absolute Gasteiger partial charge is 0.0241 e. The molecule has 0 aromatic rings. The third kappa shape index (κ3) is 1.48. The lowest BCUT2D eigenvalue weighted by molar-refractivity contribution is 0.528. The van der Waals surface area contributed by atoms with Crippen LogP contribution in [0.25, 0.3) is 0 Å². The lowest BCUT2D eigenvalue weighted by Crippen LogP contribution is -2.09. The first kappa shape index (κ1) is 6.09. The monoisotopic (exact) mass is 112 g/mol. The summed E-state index contributed by atoms with van der Waals surface area (Å²) in [5.74, 6) is 0.787. The van der Waals surface area contributed by atoms with Crippen molar-refractivity contribution in [1.29, 1.82) is 0 Å². The van der Waals surface area contributed by atoms with Gasteiger partial charge >= 0.3 is 0 Å². The van der Waals surface area contributed by atoms with Crippen LogP contribution in [0.1, 0.15) is 32.6 Å². The predicted molar refractivity (Wildman–Crippen MR) is 34.5 cm³/mol. The lowest BCUT2D eigenvalue weighted by Gasteiger charge is -2.04. The van der Waals surface area contributed by atoms with Gasteiger partial charge in [0, 0.05) is 6.04 Å². The van der Waals surface area contributed by atoms with Crippen LogP contribution in [0, 0.1) is 5.92 Å². The zero-order valence-corrected chi connectivity index (χ0v) is 5.48. The van der Waals surface area contributed by atoms with Crippen molar-refractivity contribution in [3.05, 3.63) is 0 Å². The highest BCUT2D eigenvalue weighted by Gasteiger charge is 2.27. The van der Waals surface area contributed by atoms with E-state index in [1.807, 2.05) is 0 Å². The Bertz CT molecular complexity index is 66.8. The van der Waals surface area contributed by atoms with E-state index in [4.69, 9.17) is 5.73 Å². The summed E-state index contributed by atoms with van der Waals surface area (Å²) in [6, 6.07) is 0.278. The van der Waals surface area contributed by atoms with Crippen molar-refractivity contribution in [3.63, 3.8) is 0 Å². The van der Waals surface area contributed by atoms with Gasteiger partial charge in [0.15, 0.2) is 0 Å². The fraction of sp³-hybridized carbons (Fsp3) is 1.00. The molecule has 8 heavy (non-hydrogen) atoms. The number of hydrogen-bond acceptors (Lipinski definition) is 0. The molecule has 0 saturated heterocycles. The van der Waals surface area contributed by atoms with Gasteiger partial charge in [0.05, 0.1) is 0 Å². The molecule has 0 aromatic carbocycles. The van der Waals surface area contributed by atoms with Crippen LogP contribution >= 0.6 is 0 Å². The third-order valence-electron chi connectivity index (χ3n) is 1.79. The molecule has 0 bridgehead atoms. The van der Waals surface area contributed by atoms with E-state index in [-0.39, 0.29) is 6.04 Å². The molecule has 1 aliphatic carbocycles. The van der Waals surface area contributed by atoms with Gasteiger partial charge in [-0.2, -0.15) is 0 Å². The van der Waals surface area contributed by atoms with Crippen molar-refractivity contribution >= 4 is 0 Å². The molecular formula is C7H14N. The van der Waals surface area contributed by atoms with Crippen molar-refractivity contribution in [2.75, 3.05) is 0 Å². The van der Waals surface area contributed by atoms with Crippen molar-refractivity contribution in [1.82, 2.24) is 5.73 Å². The summed E-state index contributed by atoms with van der Waals surface area (Å²) in [6.07, 6.45) is 4.96. The summed E-state index contributed by atoms with van der Waals surface area (Å²) in [7, 11) is 0. The Hall–Kier alpha value is -0.0400. The molecule has 1 rings (SSSR count). The van der Waals surface area contributed by atoms with E-state index in [1.54, 1.807) is 0 Å². The van der Waals surface area contributed by atoms with E-state index < -0.39 is 0 Å². The van der Waals surface area contributed by atoms with Gasteiger partial charge in [0.2, 0.25) is 0 Å². The van der Waals surface area contributed by atoms with E-state index in [1.165, 1.54) is 19.3 Å². The van der Waals surface area contributed by atoms with Crippen LogP contribution < -0.4 is 5.73 Å². The average molecular weight is 112 g/mol. The zero-order valence-electron chi connectivity index (χ0n) is 5.48. The molecule has 1 radical (unpaired) electrons. The van der Waals surface area contributed by atoms with Gasteiger partial charge in [-0.05, 0) is 25.2 Å². The van der Waals surface area contributed by atoms with E-state index in [2.05, 4.69) is 6.92 Å². The lowest BCUT2D eigenvalue weighted by atomic mass is 10.1. The third-order valence-corrected chi connectivity index (χ3v) is 1.79. The van der Waals surface area contributed by atoms with Crippen molar-refractivity contribution < 1.29 is 0 Å². The van der Waals surface area contributed by atoms with Gasteiger partial charge in [-0.25, -0.2) is 0 Å². The molecule has 1 aliphatic rings. The Labute approximate surface area is 51.3 Å². The molecule has 0 aliphatic heterocycles. The van der Waals surface area contributed by atoms with E-state index >= 15 is 0 Å². The maximum Gasteiger partial charge on any atom is 0.0241 e. The second-order valence-electron chi connectivity index (χ2n) is 2.73. The van der Waals surface area contributed by atoms with Gasteiger partial charge in [0.25, 0.3) is 0 Å². The molecule has 0 spiro atoms. The summed E-state index contributed by atoms with van der Waals surface area (Å²) in [6.45, 7) is 2.16. The Morgan fingerprint density at radius 1 is 1.62 bits per heavy atom. The summed E-state index contributed by atoms with van der Waals surface area (Å²) < 4.78 is 0. The minimum absolute atomic E-state index is 0.278. The summed E-state index contributed by atoms with van der Waals surface area (Å²) in [5.41, 5.74) is 7.49. The molecule has 1 saturated carbocycles. The Morgan fingerprint density at radius 2 is 2.25 bits per heavy atom. The first-order valence-electron chi connectivity index (χ1n) is 3.55. The molecule has 47 valence electrons. The summed E-state index contributed by atoms with van der Waals surface area (Å²) in [4.78, 5) is 0. The fourth-order valence-electron chi connectivity index (χ4n) is 1.05. The maximum absolute atomic E-state index is 7.49.